The van der Waals surface area contributed by atoms with Crippen molar-refractivity contribution in [3.8, 4) is 0 Å². The summed E-state index contributed by atoms with van der Waals surface area (Å²) < 4.78 is 11.1. The first-order chi connectivity index (χ1) is 7.03. The lowest BCUT2D eigenvalue weighted by Gasteiger charge is -2.22. The van der Waals surface area contributed by atoms with Gasteiger partial charge in [-0.3, -0.25) is 0 Å². The maximum Gasteiger partial charge on any atom is 0.0724 e. The molecule has 0 aromatic rings. The maximum absolute atomic E-state index is 5.65. The highest BCUT2D eigenvalue weighted by atomic mass is 16.5. The van der Waals surface area contributed by atoms with Gasteiger partial charge in [0.15, 0.2) is 0 Å². The van der Waals surface area contributed by atoms with E-state index in [9.17, 15) is 0 Å². The van der Waals surface area contributed by atoms with Crippen LogP contribution in [-0.4, -0.2) is 38.0 Å². The Bertz CT molecular complexity index is 177. The third-order valence-corrected chi connectivity index (χ3v) is 2.80. The van der Waals surface area contributed by atoms with Gasteiger partial charge in [-0.2, -0.15) is 0 Å². The molecule has 1 N–H and O–H groups in total. The van der Waals surface area contributed by atoms with Gasteiger partial charge in [0.2, 0.25) is 0 Å². The minimum atomic E-state index is -0.0297. The molecule has 1 aliphatic rings. The van der Waals surface area contributed by atoms with Crippen molar-refractivity contribution in [3.63, 3.8) is 0 Å². The van der Waals surface area contributed by atoms with Gasteiger partial charge in [-0.15, -0.1) is 0 Å². The minimum Gasteiger partial charge on any atom is -0.380 e. The standard InChI is InChI=1S/C12H25NO2/c1-12(2,3)15-9-8-13-10-6-5-7-11(10)14-4/h10-11,13H,5-9H2,1-4H3. The Kier molecular flexibility index (Phi) is 5.03. The topological polar surface area (TPSA) is 30.5 Å². The van der Waals surface area contributed by atoms with E-state index in [4.69, 9.17) is 9.47 Å². The molecule has 2 unspecified atom stereocenters. The fourth-order valence-corrected chi connectivity index (χ4v) is 2.04. The van der Waals surface area contributed by atoms with E-state index in [2.05, 4.69) is 26.1 Å². The van der Waals surface area contributed by atoms with Crippen LogP contribution in [0.1, 0.15) is 40.0 Å². The van der Waals surface area contributed by atoms with E-state index in [0.717, 1.165) is 13.2 Å². The molecule has 0 spiro atoms. The highest BCUT2D eigenvalue weighted by Crippen LogP contribution is 2.21. The highest BCUT2D eigenvalue weighted by Gasteiger charge is 2.26. The second-order valence-corrected chi connectivity index (χ2v) is 5.23. The first-order valence-electron chi connectivity index (χ1n) is 5.93. The number of hydrogen-bond acceptors (Lipinski definition) is 3. The van der Waals surface area contributed by atoms with E-state index in [-0.39, 0.29) is 5.60 Å². The van der Waals surface area contributed by atoms with Crippen LogP contribution in [0.5, 0.6) is 0 Å². The lowest BCUT2D eigenvalue weighted by Crippen LogP contribution is -2.39. The maximum atomic E-state index is 5.65. The van der Waals surface area contributed by atoms with Crippen molar-refractivity contribution in [1.29, 1.82) is 0 Å². The fourth-order valence-electron chi connectivity index (χ4n) is 2.04. The average Bonchev–Trinajstić information content (AvgIpc) is 2.58. The van der Waals surface area contributed by atoms with Crippen molar-refractivity contribution in [3.05, 3.63) is 0 Å². The lowest BCUT2D eigenvalue weighted by molar-refractivity contribution is -0.00380. The van der Waals surface area contributed by atoms with Crippen molar-refractivity contribution in [1.82, 2.24) is 5.32 Å². The number of methoxy groups -OCH3 is 1. The molecular weight excluding hydrogens is 190 g/mol. The van der Waals surface area contributed by atoms with Crippen LogP contribution in [-0.2, 0) is 9.47 Å². The van der Waals surface area contributed by atoms with Crippen molar-refractivity contribution >= 4 is 0 Å². The van der Waals surface area contributed by atoms with Gasteiger partial charge in [-0.1, -0.05) is 0 Å². The van der Waals surface area contributed by atoms with Crippen LogP contribution in [0.15, 0.2) is 0 Å². The van der Waals surface area contributed by atoms with Crippen molar-refractivity contribution in [2.75, 3.05) is 20.3 Å². The second kappa shape index (κ2) is 5.83. The molecule has 90 valence electrons. The second-order valence-electron chi connectivity index (χ2n) is 5.23. The monoisotopic (exact) mass is 215 g/mol. The Balaban J connectivity index is 2.09. The SMILES string of the molecule is COC1CCCC1NCCOC(C)(C)C. The van der Waals surface area contributed by atoms with Crippen LogP contribution in [0.2, 0.25) is 0 Å². The van der Waals surface area contributed by atoms with Crippen LogP contribution < -0.4 is 5.32 Å². The molecule has 1 rings (SSSR count). The van der Waals surface area contributed by atoms with E-state index in [0.29, 0.717) is 12.1 Å². The summed E-state index contributed by atoms with van der Waals surface area (Å²) in [4.78, 5) is 0. The summed E-state index contributed by atoms with van der Waals surface area (Å²) in [5, 5.41) is 3.51. The predicted octanol–water partition coefficient (Wildman–Crippen LogP) is 1.96. The van der Waals surface area contributed by atoms with Crippen LogP contribution in [0.3, 0.4) is 0 Å². The normalized spacial score (nSPS) is 27.2. The lowest BCUT2D eigenvalue weighted by atomic mass is 10.2. The van der Waals surface area contributed by atoms with Crippen LogP contribution in [0.4, 0.5) is 0 Å². The van der Waals surface area contributed by atoms with E-state index < -0.39 is 0 Å². The molecule has 1 fully saturated rings. The average molecular weight is 215 g/mol. The number of hydrogen-bond donors (Lipinski definition) is 1. The minimum absolute atomic E-state index is 0.0297. The first-order valence-corrected chi connectivity index (χ1v) is 5.93. The number of ether oxygens (including phenoxy) is 2. The summed E-state index contributed by atoms with van der Waals surface area (Å²) in [6, 6.07) is 0.526. The Morgan fingerprint density at radius 2 is 2.00 bits per heavy atom. The molecule has 1 aliphatic carbocycles. The largest absolute Gasteiger partial charge is 0.380 e. The van der Waals surface area contributed by atoms with Crippen LogP contribution in [0, 0.1) is 0 Å². The highest BCUT2D eigenvalue weighted by molar-refractivity contribution is 4.83. The van der Waals surface area contributed by atoms with Crippen LogP contribution in [0.25, 0.3) is 0 Å². The van der Waals surface area contributed by atoms with Crippen LogP contribution >= 0.6 is 0 Å². The zero-order chi connectivity index (χ0) is 11.3. The first kappa shape index (κ1) is 12.9. The molecule has 0 aliphatic heterocycles. The molecule has 3 heteroatoms. The molecule has 15 heavy (non-hydrogen) atoms. The van der Waals surface area contributed by atoms with Crippen molar-refractivity contribution < 1.29 is 9.47 Å². The zero-order valence-corrected chi connectivity index (χ0v) is 10.5. The predicted molar refractivity (Wildman–Crippen MR) is 62.1 cm³/mol. The molecule has 1 saturated carbocycles. The smallest absolute Gasteiger partial charge is 0.0724 e. The van der Waals surface area contributed by atoms with E-state index in [1.165, 1.54) is 19.3 Å². The summed E-state index contributed by atoms with van der Waals surface area (Å²) >= 11 is 0. The van der Waals surface area contributed by atoms with Gasteiger partial charge in [0.1, 0.15) is 0 Å². The van der Waals surface area contributed by atoms with Crippen molar-refractivity contribution in [2.24, 2.45) is 0 Å². The molecule has 2 atom stereocenters. The third kappa shape index (κ3) is 4.96. The summed E-state index contributed by atoms with van der Waals surface area (Å²) in [6.07, 6.45) is 4.10. The van der Waals surface area contributed by atoms with Gasteiger partial charge >= 0.3 is 0 Å². The fraction of sp³-hybridized carbons (Fsp3) is 1.00. The van der Waals surface area contributed by atoms with E-state index in [1.807, 2.05) is 0 Å². The van der Waals surface area contributed by atoms with E-state index >= 15 is 0 Å². The van der Waals surface area contributed by atoms with Crippen molar-refractivity contribution in [2.45, 2.75) is 57.8 Å². The summed E-state index contributed by atoms with van der Waals surface area (Å²) in [5.41, 5.74) is -0.0297. The Hall–Kier alpha value is -0.120. The molecule has 0 saturated heterocycles. The zero-order valence-electron chi connectivity index (χ0n) is 10.5. The number of rotatable bonds is 5. The van der Waals surface area contributed by atoms with E-state index in [1.54, 1.807) is 7.11 Å². The summed E-state index contributed by atoms with van der Waals surface area (Å²) in [5.74, 6) is 0. The molecule has 0 heterocycles. The molecule has 0 radical (unpaired) electrons. The molecule has 0 bridgehead atoms. The summed E-state index contributed by atoms with van der Waals surface area (Å²) in [7, 11) is 1.80. The molecular formula is C12H25NO2. The molecule has 0 amide bonds. The van der Waals surface area contributed by atoms with Gasteiger partial charge < -0.3 is 14.8 Å². The number of nitrogens with one attached hydrogen (secondary N) is 1. The molecule has 0 aromatic heterocycles. The molecule has 0 aromatic carbocycles. The Morgan fingerprint density at radius 3 is 2.60 bits per heavy atom. The molecule has 3 nitrogen and oxygen atoms in total. The van der Waals surface area contributed by atoms with Gasteiger partial charge in [-0.05, 0) is 40.0 Å². The van der Waals surface area contributed by atoms with Gasteiger partial charge in [0, 0.05) is 19.7 Å². The Labute approximate surface area is 93.5 Å². The summed E-state index contributed by atoms with van der Waals surface area (Å²) in [6.45, 7) is 7.94. The van der Waals surface area contributed by atoms with Gasteiger partial charge in [-0.25, -0.2) is 0 Å². The Morgan fingerprint density at radius 1 is 1.27 bits per heavy atom. The quantitative estimate of drug-likeness (QED) is 0.711. The van der Waals surface area contributed by atoms with Gasteiger partial charge in [0.25, 0.3) is 0 Å². The van der Waals surface area contributed by atoms with Gasteiger partial charge in [0.05, 0.1) is 18.3 Å². The third-order valence-electron chi connectivity index (χ3n) is 2.80.